The van der Waals surface area contributed by atoms with Crippen molar-refractivity contribution < 1.29 is 0 Å². The van der Waals surface area contributed by atoms with E-state index >= 15 is 0 Å². The molecule has 0 aliphatic carbocycles. The molecule has 0 aliphatic heterocycles. The number of nitrogens with two attached hydrogens (primary N) is 1. The van der Waals surface area contributed by atoms with E-state index in [1.807, 2.05) is 6.92 Å². The lowest BCUT2D eigenvalue weighted by molar-refractivity contribution is 0.734. The van der Waals surface area contributed by atoms with Crippen LogP contribution in [-0.4, -0.2) is 15.4 Å². The van der Waals surface area contributed by atoms with Crippen LogP contribution in [-0.2, 0) is 12.8 Å². The molecule has 102 valence electrons. The Kier molecular flexibility index (Phi) is 4.96. The quantitative estimate of drug-likeness (QED) is 0.917. The van der Waals surface area contributed by atoms with Crippen LogP contribution in [0.25, 0.3) is 0 Å². The SMILES string of the molecule is CCc1nsc(Sc2ccc(CC(C)N)c(C)c2)n1. The third-order valence-electron chi connectivity index (χ3n) is 2.83. The molecule has 0 amide bonds. The average Bonchev–Trinajstić information content (AvgIpc) is 2.80. The van der Waals surface area contributed by atoms with E-state index in [0.29, 0.717) is 0 Å². The Morgan fingerprint density at radius 1 is 1.42 bits per heavy atom. The van der Waals surface area contributed by atoms with Crippen molar-refractivity contribution in [1.29, 1.82) is 0 Å². The zero-order valence-corrected chi connectivity index (χ0v) is 13.1. The van der Waals surface area contributed by atoms with Crippen molar-refractivity contribution in [2.24, 2.45) is 5.73 Å². The van der Waals surface area contributed by atoms with Gasteiger partial charge in [-0.3, -0.25) is 0 Å². The van der Waals surface area contributed by atoms with Gasteiger partial charge in [0, 0.05) is 17.4 Å². The Bertz CT molecular complexity index is 549. The molecular weight excluding hydrogens is 274 g/mol. The van der Waals surface area contributed by atoms with Gasteiger partial charge in [-0.05, 0) is 55.1 Å². The van der Waals surface area contributed by atoms with Gasteiger partial charge in [0.2, 0.25) is 0 Å². The molecule has 0 fully saturated rings. The topological polar surface area (TPSA) is 51.8 Å². The Balaban J connectivity index is 2.11. The lowest BCUT2D eigenvalue weighted by atomic mass is 10.0. The maximum atomic E-state index is 5.85. The van der Waals surface area contributed by atoms with E-state index < -0.39 is 0 Å². The molecule has 2 N–H and O–H groups in total. The van der Waals surface area contributed by atoms with Crippen LogP contribution in [0, 0.1) is 6.92 Å². The van der Waals surface area contributed by atoms with E-state index in [1.165, 1.54) is 27.6 Å². The van der Waals surface area contributed by atoms with E-state index in [4.69, 9.17) is 5.73 Å². The van der Waals surface area contributed by atoms with Crippen molar-refractivity contribution in [3.63, 3.8) is 0 Å². The fourth-order valence-corrected chi connectivity index (χ4v) is 3.61. The Labute approximate surface area is 122 Å². The molecule has 19 heavy (non-hydrogen) atoms. The predicted octanol–water partition coefficient (Wildman–Crippen LogP) is 3.45. The Morgan fingerprint density at radius 2 is 2.21 bits per heavy atom. The van der Waals surface area contributed by atoms with Crippen molar-refractivity contribution >= 4 is 23.3 Å². The minimum Gasteiger partial charge on any atom is -0.328 e. The molecule has 3 nitrogen and oxygen atoms in total. The lowest BCUT2D eigenvalue weighted by Crippen LogP contribution is -2.18. The molecule has 0 aliphatic rings. The first-order chi connectivity index (χ1) is 9.08. The van der Waals surface area contributed by atoms with Gasteiger partial charge < -0.3 is 5.73 Å². The fourth-order valence-electron chi connectivity index (χ4n) is 1.83. The molecule has 0 bridgehead atoms. The maximum Gasteiger partial charge on any atom is 0.174 e. The second-order valence-electron chi connectivity index (χ2n) is 4.70. The highest BCUT2D eigenvalue weighted by atomic mass is 32.2. The second-order valence-corrected chi connectivity index (χ2v) is 6.77. The van der Waals surface area contributed by atoms with E-state index in [1.54, 1.807) is 11.8 Å². The van der Waals surface area contributed by atoms with Gasteiger partial charge >= 0.3 is 0 Å². The molecule has 5 heteroatoms. The highest BCUT2D eigenvalue weighted by Crippen LogP contribution is 2.30. The number of aryl methyl sites for hydroxylation is 2. The number of nitrogens with zero attached hydrogens (tertiary/aromatic N) is 2. The molecule has 1 aromatic carbocycles. The standard InChI is InChI=1S/C14H19N3S2/c1-4-13-16-14(19-17-13)18-12-6-5-11(8-10(3)15)9(2)7-12/h5-7,10H,4,8,15H2,1-3H3. The molecule has 2 rings (SSSR count). The van der Waals surface area contributed by atoms with Gasteiger partial charge in [-0.1, -0.05) is 24.8 Å². The Hall–Kier alpha value is -0.910. The van der Waals surface area contributed by atoms with Crippen molar-refractivity contribution in [3.05, 3.63) is 35.2 Å². The summed E-state index contributed by atoms with van der Waals surface area (Å²) < 4.78 is 5.31. The number of aromatic nitrogens is 2. The highest BCUT2D eigenvalue weighted by molar-refractivity contribution is 8.01. The largest absolute Gasteiger partial charge is 0.328 e. The van der Waals surface area contributed by atoms with E-state index in [2.05, 4.69) is 41.4 Å². The molecule has 1 heterocycles. The maximum absolute atomic E-state index is 5.85. The summed E-state index contributed by atoms with van der Waals surface area (Å²) in [4.78, 5) is 5.69. The van der Waals surface area contributed by atoms with Gasteiger partial charge in [-0.25, -0.2) is 4.98 Å². The van der Waals surface area contributed by atoms with Crippen LogP contribution in [0.2, 0.25) is 0 Å². The van der Waals surface area contributed by atoms with Gasteiger partial charge in [0.05, 0.1) is 0 Å². The zero-order valence-electron chi connectivity index (χ0n) is 11.5. The van der Waals surface area contributed by atoms with Crippen LogP contribution in [0.4, 0.5) is 0 Å². The van der Waals surface area contributed by atoms with Crippen molar-refractivity contribution in [2.75, 3.05) is 0 Å². The summed E-state index contributed by atoms with van der Waals surface area (Å²) in [5.41, 5.74) is 8.47. The first kappa shape index (κ1) is 14.5. The van der Waals surface area contributed by atoms with Crippen LogP contribution in [0.15, 0.2) is 27.4 Å². The fraction of sp³-hybridized carbons (Fsp3) is 0.429. The van der Waals surface area contributed by atoms with Gasteiger partial charge in [0.1, 0.15) is 5.82 Å². The van der Waals surface area contributed by atoms with Crippen LogP contribution in [0.1, 0.15) is 30.8 Å². The lowest BCUT2D eigenvalue weighted by Gasteiger charge is -2.09. The van der Waals surface area contributed by atoms with Gasteiger partial charge in [0.25, 0.3) is 0 Å². The monoisotopic (exact) mass is 293 g/mol. The number of hydrogen-bond acceptors (Lipinski definition) is 5. The summed E-state index contributed by atoms with van der Waals surface area (Å²) >= 11 is 3.15. The first-order valence-corrected chi connectivity index (χ1v) is 8.03. The average molecular weight is 293 g/mol. The molecule has 2 aromatic rings. The Morgan fingerprint density at radius 3 is 2.79 bits per heavy atom. The van der Waals surface area contributed by atoms with Gasteiger partial charge in [-0.15, -0.1) is 0 Å². The first-order valence-electron chi connectivity index (χ1n) is 6.44. The van der Waals surface area contributed by atoms with E-state index in [9.17, 15) is 0 Å². The third-order valence-corrected chi connectivity index (χ3v) is 4.61. The predicted molar refractivity (Wildman–Crippen MR) is 81.9 cm³/mol. The van der Waals surface area contributed by atoms with Crippen molar-refractivity contribution in [3.8, 4) is 0 Å². The number of hydrogen-bond donors (Lipinski definition) is 1. The zero-order chi connectivity index (χ0) is 13.8. The summed E-state index contributed by atoms with van der Waals surface area (Å²) in [5.74, 6) is 0.929. The summed E-state index contributed by atoms with van der Waals surface area (Å²) in [6, 6.07) is 6.72. The molecule has 1 atom stereocenters. The minimum absolute atomic E-state index is 0.201. The molecule has 0 spiro atoms. The number of rotatable bonds is 5. The van der Waals surface area contributed by atoms with Crippen molar-refractivity contribution in [2.45, 2.75) is 48.9 Å². The minimum atomic E-state index is 0.201. The normalized spacial score (nSPS) is 12.6. The molecular formula is C14H19N3S2. The molecule has 1 aromatic heterocycles. The molecule has 1 unspecified atom stereocenters. The summed E-state index contributed by atoms with van der Waals surface area (Å²) in [6.45, 7) is 6.25. The van der Waals surface area contributed by atoms with Crippen LogP contribution >= 0.6 is 23.3 Å². The van der Waals surface area contributed by atoms with Crippen LogP contribution in [0.3, 0.4) is 0 Å². The molecule has 0 saturated heterocycles. The van der Waals surface area contributed by atoms with Crippen molar-refractivity contribution in [1.82, 2.24) is 9.36 Å². The third kappa shape index (κ3) is 4.03. The van der Waals surface area contributed by atoms with Crippen LogP contribution in [0.5, 0.6) is 0 Å². The number of benzene rings is 1. The molecule has 0 saturated carbocycles. The summed E-state index contributed by atoms with van der Waals surface area (Å²) in [6.07, 6.45) is 1.82. The van der Waals surface area contributed by atoms with E-state index in [0.717, 1.165) is 23.0 Å². The van der Waals surface area contributed by atoms with Crippen LogP contribution < -0.4 is 5.73 Å². The smallest absolute Gasteiger partial charge is 0.174 e. The summed E-state index contributed by atoms with van der Waals surface area (Å²) in [7, 11) is 0. The highest BCUT2D eigenvalue weighted by Gasteiger charge is 2.07. The van der Waals surface area contributed by atoms with Gasteiger partial charge in [-0.2, -0.15) is 4.37 Å². The molecule has 0 radical (unpaired) electrons. The van der Waals surface area contributed by atoms with E-state index in [-0.39, 0.29) is 6.04 Å². The van der Waals surface area contributed by atoms with Gasteiger partial charge in [0.15, 0.2) is 4.34 Å². The summed E-state index contributed by atoms with van der Waals surface area (Å²) in [5, 5.41) is 0. The second kappa shape index (κ2) is 6.50.